The molecule has 1 fully saturated rings. The van der Waals surface area contributed by atoms with Crippen LogP contribution in [-0.2, 0) is 19.6 Å². The van der Waals surface area contributed by atoms with Gasteiger partial charge in [0.15, 0.2) is 11.5 Å². The minimum absolute atomic E-state index is 0.0580. The molecule has 0 bridgehead atoms. The Bertz CT molecular complexity index is 1100. The van der Waals surface area contributed by atoms with Gasteiger partial charge < -0.3 is 19.7 Å². The molecule has 2 aromatic carbocycles. The van der Waals surface area contributed by atoms with E-state index in [1.165, 1.54) is 17.0 Å². The maximum atomic E-state index is 13.1. The lowest BCUT2D eigenvalue weighted by molar-refractivity contribution is -0.123. The second-order valence-corrected chi connectivity index (χ2v) is 9.76. The molecule has 2 aromatic rings. The van der Waals surface area contributed by atoms with Crippen LogP contribution in [0.2, 0.25) is 0 Å². The second-order valence-electron chi connectivity index (χ2n) is 7.99. The highest BCUT2D eigenvalue weighted by Gasteiger charge is 2.25. The smallest absolute Gasteiger partial charge is 0.242 e. The summed E-state index contributed by atoms with van der Waals surface area (Å²) in [5.74, 6) is 0.166. The molecule has 1 aliphatic heterocycles. The summed E-state index contributed by atoms with van der Waals surface area (Å²) < 4.78 is 38.5. The fourth-order valence-corrected chi connectivity index (χ4v) is 4.94. The van der Waals surface area contributed by atoms with E-state index in [0.717, 1.165) is 25.7 Å². The molecule has 2 amide bonds. The highest BCUT2D eigenvalue weighted by Crippen LogP contribution is 2.34. The lowest BCUT2D eigenvalue weighted by Crippen LogP contribution is -2.47. The quantitative estimate of drug-likeness (QED) is 0.605. The zero-order valence-corrected chi connectivity index (χ0v) is 19.0. The summed E-state index contributed by atoms with van der Waals surface area (Å²) in [6.45, 7) is 0.0773. The van der Waals surface area contributed by atoms with Gasteiger partial charge in [-0.3, -0.25) is 9.59 Å². The van der Waals surface area contributed by atoms with Crippen molar-refractivity contribution in [3.05, 3.63) is 48.5 Å². The van der Waals surface area contributed by atoms with Crippen molar-refractivity contribution in [2.24, 2.45) is 0 Å². The van der Waals surface area contributed by atoms with Crippen LogP contribution < -0.4 is 24.4 Å². The molecule has 0 atom stereocenters. The van der Waals surface area contributed by atoms with Crippen LogP contribution in [-0.4, -0.2) is 52.6 Å². The summed E-state index contributed by atoms with van der Waals surface area (Å²) >= 11 is 0. The number of hydrogen-bond acceptors (Lipinski definition) is 6. The first-order valence-corrected chi connectivity index (χ1v) is 12.4. The second kappa shape index (κ2) is 10.2. The Morgan fingerprint density at radius 2 is 1.67 bits per heavy atom. The largest absolute Gasteiger partial charge is 0.486 e. The van der Waals surface area contributed by atoms with Crippen LogP contribution in [0.4, 0.5) is 5.69 Å². The molecule has 4 rings (SSSR count). The lowest BCUT2D eigenvalue weighted by atomic mass is 10.2. The molecule has 2 N–H and O–H groups in total. The van der Waals surface area contributed by atoms with Gasteiger partial charge in [0.25, 0.3) is 0 Å². The van der Waals surface area contributed by atoms with Gasteiger partial charge in [-0.25, -0.2) is 13.1 Å². The molecule has 1 aliphatic carbocycles. The number of fused-ring (bicyclic) bond motifs is 1. The number of nitrogens with zero attached hydrogens (tertiary/aromatic N) is 1. The predicted molar refractivity (Wildman–Crippen MR) is 122 cm³/mol. The third-order valence-corrected chi connectivity index (χ3v) is 7.04. The van der Waals surface area contributed by atoms with Crippen molar-refractivity contribution in [1.29, 1.82) is 0 Å². The summed E-state index contributed by atoms with van der Waals surface area (Å²) in [6, 6.07) is 12.9. The number of ether oxygens (including phenoxy) is 2. The minimum Gasteiger partial charge on any atom is -0.486 e. The Labute approximate surface area is 193 Å². The summed E-state index contributed by atoms with van der Waals surface area (Å²) in [7, 11) is -3.88. The summed E-state index contributed by atoms with van der Waals surface area (Å²) in [5.41, 5.74) is 0.421. The van der Waals surface area contributed by atoms with E-state index in [-0.39, 0.29) is 23.4 Å². The van der Waals surface area contributed by atoms with E-state index in [0.29, 0.717) is 30.4 Å². The Hall–Kier alpha value is -3.11. The first kappa shape index (κ1) is 23.1. The van der Waals surface area contributed by atoms with Crippen LogP contribution in [0.25, 0.3) is 0 Å². The molecule has 2 aliphatic rings. The van der Waals surface area contributed by atoms with Crippen molar-refractivity contribution in [1.82, 2.24) is 10.0 Å². The van der Waals surface area contributed by atoms with Crippen LogP contribution >= 0.6 is 0 Å². The van der Waals surface area contributed by atoms with E-state index in [1.807, 2.05) is 0 Å². The molecule has 0 spiro atoms. The van der Waals surface area contributed by atoms with E-state index >= 15 is 0 Å². The number of sulfonamides is 1. The average Bonchev–Trinajstić information content (AvgIpc) is 3.34. The SMILES string of the molecule is O=C(CN(C(=O)CNS(=O)(=O)c1ccccc1)c1ccc2c(c1)OCCO2)NC1CCCC1. The molecule has 0 aromatic heterocycles. The number of amides is 2. The number of nitrogens with one attached hydrogen (secondary N) is 2. The normalized spacial score (nSPS) is 15.8. The molecule has 10 heteroatoms. The Balaban J connectivity index is 1.51. The minimum atomic E-state index is -3.88. The first-order chi connectivity index (χ1) is 15.9. The molecule has 0 saturated heterocycles. The zero-order valence-electron chi connectivity index (χ0n) is 18.2. The Morgan fingerprint density at radius 3 is 2.39 bits per heavy atom. The van der Waals surface area contributed by atoms with Crippen molar-refractivity contribution < 1.29 is 27.5 Å². The number of benzene rings is 2. The third-order valence-electron chi connectivity index (χ3n) is 5.63. The molecular weight excluding hydrogens is 446 g/mol. The van der Waals surface area contributed by atoms with Crippen molar-refractivity contribution in [2.75, 3.05) is 31.2 Å². The Morgan fingerprint density at radius 1 is 0.970 bits per heavy atom. The molecule has 1 heterocycles. The number of anilines is 1. The van der Waals surface area contributed by atoms with Crippen LogP contribution in [0.1, 0.15) is 25.7 Å². The zero-order chi connectivity index (χ0) is 23.3. The van der Waals surface area contributed by atoms with E-state index in [1.54, 1.807) is 36.4 Å². The fraction of sp³-hybridized carbons (Fsp3) is 0.391. The predicted octanol–water partition coefficient (Wildman–Crippen LogP) is 1.83. The third kappa shape index (κ3) is 5.82. The number of hydrogen-bond donors (Lipinski definition) is 2. The van der Waals surface area contributed by atoms with Crippen molar-refractivity contribution >= 4 is 27.5 Å². The van der Waals surface area contributed by atoms with Crippen molar-refractivity contribution in [3.8, 4) is 11.5 Å². The highest BCUT2D eigenvalue weighted by molar-refractivity contribution is 7.89. The van der Waals surface area contributed by atoms with Gasteiger partial charge in [-0.2, -0.15) is 0 Å². The van der Waals surface area contributed by atoms with E-state index in [9.17, 15) is 18.0 Å². The molecule has 1 saturated carbocycles. The van der Waals surface area contributed by atoms with E-state index < -0.39 is 22.5 Å². The lowest BCUT2D eigenvalue weighted by Gasteiger charge is -2.26. The molecule has 0 unspecified atom stereocenters. The molecular formula is C23H27N3O6S. The maximum Gasteiger partial charge on any atom is 0.242 e. The maximum absolute atomic E-state index is 13.1. The standard InChI is InChI=1S/C23H27N3O6S/c27-22(25-17-6-4-5-7-17)16-26(18-10-11-20-21(14-18)32-13-12-31-20)23(28)15-24-33(29,30)19-8-2-1-3-9-19/h1-3,8-11,14,17,24H,4-7,12-13,15-16H2,(H,25,27). The number of carbonyl (C=O) groups excluding carboxylic acids is 2. The fourth-order valence-electron chi connectivity index (χ4n) is 3.95. The van der Waals surface area contributed by atoms with Crippen LogP contribution in [0.5, 0.6) is 11.5 Å². The number of carbonyl (C=O) groups is 2. The Kier molecular flexibility index (Phi) is 7.14. The van der Waals surface area contributed by atoms with Gasteiger partial charge in [-0.05, 0) is 37.1 Å². The van der Waals surface area contributed by atoms with Gasteiger partial charge in [-0.15, -0.1) is 0 Å². The summed E-state index contributed by atoms with van der Waals surface area (Å²) in [6.07, 6.45) is 3.97. The molecule has 0 radical (unpaired) electrons. The van der Waals surface area contributed by atoms with Gasteiger partial charge in [-0.1, -0.05) is 31.0 Å². The van der Waals surface area contributed by atoms with E-state index in [4.69, 9.17) is 9.47 Å². The highest BCUT2D eigenvalue weighted by atomic mass is 32.2. The molecule has 33 heavy (non-hydrogen) atoms. The van der Waals surface area contributed by atoms with E-state index in [2.05, 4.69) is 10.0 Å². The molecule has 9 nitrogen and oxygen atoms in total. The van der Waals surface area contributed by atoms with Crippen molar-refractivity contribution in [2.45, 2.75) is 36.6 Å². The monoisotopic (exact) mass is 473 g/mol. The number of rotatable bonds is 8. The van der Waals surface area contributed by atoms with Gasteiger partial charge >= 0.3 is 0 Å². The van der Waals surface area contributed by atoms with Gasteiger partial charge in [0, 0.05) is 17.8 Å². The average molecular weight is 474 g/mol. The van der Waals surface area contributed by atoms with Crippen LogP contribution in [0.15, 0.2) is 53.4 Å². The molecule has 176 valence electrons. The van der Waals surface area contributed by atoms with Crippen molar-refractivity contribution in [3.63, 3.8) is 0 Å². The summed E-state index contributed by atoms with van der Waals surface area (Å²) in [4.78, 5) is 27.1. The summed E-state index contributed by atoms with van der Waals surface area (Å²) in [5, 5.41) is 2.97. The topological polar surface area (TPSA) is 114 Å². The van der Waals surface area contributed by atoms with Crippen LogP contribution in [0.3, 0.4) is 0 Å². The first-order valence-electron chi connectivity index (χ1n) is 11.0. The van der Waals surface area contributed by atoms with Gasteiger partial charge in [0.2, 0.25) is 21.8 Å². The van der Waals surface area contributed by atoms with Gasteiger partial charge in [0.1, 0.15) is 19.8 Å². The van der Waals surface area contributed by atoms with Gasteiger partial charge in [0.05, 0.1) is 11.4 Å². The van der Waals surface area contributed by atoms with Crippen LogP contribution in [0, 0.1) is 0 Å².